The maximum atomic E-state index is 11.4. The van der Waals surface area contributed by atoms with E-state index in [2.05, 4.69) is 20.4 Å². The summed E-state index contributed by atoms with van der Waals surface area (Å²) in [5, 5.41) is 0. The SMILES string of the molecule is C=CCCCCCCCCC(=O)OCCC(C)C. The number of esters is 1. The normalized spacial score (nSPS) is 10.6. The first kappa shape index (κ1) is 17.2. The van der Waals surface area contributed by atoms with E-state index in [4.69, 9.17) is 4.74 Å². The van der Waals surface area contributed by atoms with Crippen LogP contribution in [0.15, 0.2) is 12.7 Å². The summed E-state index contributed by atoms with van der Waals surface area (Å²) in [5.74, 6) is 0.579. The first-order valence-electron chi connectivity index (χ1n) is 7.43. The quantitative estimate of drug-likeness (QED) is 0.282. The van der Waals surface area contributed by atoms with Crippen molar-refractivity contribution in [1.82, 2.24) is 0 Å². The molecule has 0 aromatic rings. The third-order valence-electron chi connectivity index (χ3n) is 3.00. The van der Waals surface area contributed by atoms with Crippen molar-refractivity contribution in [2.45, 2.75) is 71.6 Å². The summed E-state index contributed by atoms with van der Waals surface area (Å²) in [6.45, 7) is 8.57. The Hall–Kier alpha value is -0.790. The van der Waals surface area contributed by atoms with Gasteiger partial charge in [0.2, 0.25) is 0 Å². The van der Waals surface area contributed by atoms with Gasteiger partial charge in [0.05, 0.1) is 6.61 Å². The van der Waals surface area contributed by atoms with E-state index in [1.54, 1.807) is 0 Å². The Morgan fingerprint density at radius 3 is 2.33 bits per heavy atom. The topological polar surface area (TPSA) is 26.3 Å². The molecule has 0 saturated carbocycles. The van der Waals surface area contributed by atoms with Gasteiger partial charge in [-0.1, -0.05) is 45.6 Å². The Morgan fingerprint density at radius 1 is 1.11 bits per heavy atom. The number of rotatable bonds is 12. The number of ether oxygens (including phenoxy) is 1. The lowest BCUT2D eigenvalue weighted by Gasteiger charge is -2.06. The molecular formula is C16H30O2. The Morgan fingerprint density at radius 2 is 1.72 bits per heavy atom. The third-order valence-corrected chi connectivity index (χ3v) is 3.00. The van der Waals surface area contributed by atoms with Gasteiger partial charge in [0.1, 0.15) is 0 Å². The minimum atomic E-state index is -0.0256. The smallest absolute Gasteiger partial charge is 0.305 e. The fourth-order valence-corrected chi connectivity index (χ4v) is 1.75. The highest BCUT2D eigenvalue weighted by Gasteiger charge is 2.03. The summed E-state index contributed by atoms with van der Waals surface area (Å²) in [7, 11) is 0. The molecule has 0 aliphatic rings. The van der Waals surface area contributed by atoms with Crippen LogP contribution in [-0.4, -0.2) is 12.6 Å². The molecule has 0 aromatic carbocycles. The molecule has 0 aromatic heterocycles. The minimum absolute atomic E-state index is 0.0256. The standard InChI is InChI=1S/C16H30O2/c1-4-5-6-7-8-9-10-11-12-16(17)18-14-13-15(2)3/h4,15H,1,5-14H2,2-3H3. The molecule has 0 aliphatic carbocycles. The number of carbonyl (C=O) groups is 1. The lowest BCUT2D eigenvalue weighted by molar-refractivity contribution is -0.144. The molecule has 2 nitrogen and oxygen atoms in total. The van der Waals surface area contributed by atoms with E-state index in [1.165, 1.54) is 25.7 Å². The summed E-state index contributed by atoms with van der Waals surface area (Å²) in [4.78, 5) is 11.4. The number of hydrogen-bond donors (Lipinski definition) is 0. The van der Waals surface area contributed by atoms with E-state index >= 15 is 0 Å². The lowest BCUT2D eigenvalue weighted by atomic mass is 10.1. The van der Waals surface area contributed by atoms with Crippen LogP contribution in [0.2, 0.25) is 0 Å². The van der Waals surface area contributed by atoms with Crippen molar-refractivity contribution in [3.05, 3.63) is 12.7 Å². The van der Waals surface area contributed by atoms with Crippen molar-refractivity contribution in [1.29, 1.82) is 0 Å². The molecule has 2 heteroatoms. The predicted octanol–water partition coefficient (Wildman–Crippen LogP) is 4.88. The van der Waals surface area contributed by atoms with Crippen LogP contribution in [0.5, 0.6) is 0 Å². The molecule has 0 aliphatic heterocycles. The first-order valence-corrected chi connectivity index (χ1v) is 7.43. The average Bonchev–Trinajstić information content (AvgIpc) is 2.32. The van der Waals surface area contributed by atoms with Crippen LogP contribution in [0.4, 0.5) is 0 Å². The van der Waals surface area contributed by atoms with Crippen LogP contribution >= 0.6 is 0 Å². The highest BCUT2D eigenvalue weighted by atomic mass is 16.5. The van der Waals surface area contributed by atoms with Crippen LogP contribution < -0.4 is 0 Å². The first-order chi connectivity index (χ1) is 8.66. The summed E-state index contributed by atoms with van der Waals surface area (Å²) >= 11 is 0. The van der Waals surface area contributed by atoms with Gasteiger partial charge >= 0.3 is 5.97 Å². The largest absolute Gasteiger partial charge is 0.466 e. The fourth-order valence-electron chi connectivity index (χ4n) is 1.75. The highest BCUT2D eigenvalue weighted by molar-refractivity contribution is 5.69. The van der Waals surface area contributed by atoms with Gasteiger partial charge in [0.15, 0.2) is 0 Å². The maximum Gasteiger partial charge on any atom is 0.305 e. The number of unbranched alkanes of at least 4 members (excludes halogenated alkanes) is 6. The van der Waals surface area contributed by atoms with Gasteiger partial charge in [-0.3, -0.25) is 4.79 Å². The molecule has 0 fully saturated rings. The average molecular weight is 254 g/mol. The molecule has 0 amide bonds. The molecule has 0 bridgehead atoms. The van der Waals surface area contributed by atoms with Gasteiger partial charge in [-0.25, -0.2) is 0 Å². The second kappa shape index (κ2) is 12.7. The van der Waals surface area contributed by atoms with Gasteiger partial charge in [-0.05, 0) is 31.6 Å². The van der Waals surface area contributed by atoms with Crippen molar-refractivity contribution in [3.63, 3.8) is 0 Å². The molecule has 0 atom stereocenters. The summed E-state index contributed by atoms with van der Waals surface area (Å²) in [5.41, 5.74) is 0. The highest BCUT2D eigenvalue weighted by Crippen LogP contribution is 2.09. The molecule has 106 valence electrons. The molecule has 0 radical (unpaired) electrons. The molecule has 0 unspecified atom stereocenters. The maximum absolute atomic E-state index is 11.4. The van der Waals surface area contributed by atoms with Gasteiger partial charge in [-0.15, -0.1) is 6.58 Å². The zero-order valence-electron chi connectivity index (χ0n) is 12.2. The van der Waals surface area contributed by atoms with E-state index in [-0.39, 0.29) is 5.97 Å². The second-order valence-electron chi connectivity index (χ2n) is 5.35. The predicted molar refractivity (Wildman–Crippen MR) is 77.5 cm³/mol. The van der Waals surface area contributed by atoms with Crippen molar-refractivity contribution in [2.24, 2.45) is 5.92 Å². The Bertz CT molecular complexity index is 209. The van der Waals surface area contributed by atoms with Crippen molar-refractivity contribution in [3.8, 4) is 0 Å². The fraction of sp³-hybridized carbons (Fsp3) is 0.812. The third kappa shape index (κ3) is 13.3. The van der Waals surface area contributed by atoms with Gasteiger partial charge in [0.25, 0.3) is 0 Å². The van der Waals surface area contributed by atoms with Gasteiger partial charge in [-0.2, -0.15) is 0 Å². The van der Waals surface area contributed by atoms with Crippen molar-refractivity contribution >= 4 is 5.97 Å². The number of carbonyl (C=O) groups excluding carboxylic acids is 1. The van der Waals surface area contributed by atoms with Crippen LogP contribution in [0, 0.1) is 5.92 Å². The lowest BCUT2D eigenvalue weighted by Crippen LogP contribution is -2.07. The molecule has 0 heterocycles. The molecule has 0 saturated heterocycles. The Balaban J connectivity index is 3.17. The monoisotopic (exact) mass is 254 g/mol. The molecule has 0 rings (SSSR count). The molecule has 0 N–H and O–H groups in total. The van der Waals surface area contributed by atoms with Crippen LogP contribution in [0.3, 0.4) is 0 Å². The summed E-state index contributed by atoms with van der Waals surface area (Å²) in [6, 6.07) is 0. The second-order valence-corrected chi connectivity index (χ2v) is 5.35. The van der Waals surface area contributed by atoms with E-state index in [0.717, 1.165) is 25.7 Å². The van der Waals surface area contributed by atoms with Gasteiger partial charge < -0.3 is 4.74 Å². The van der Waals surface area contributed by atoms with E-state index in [0.29, 0.717) is 18.9 Å². The zero-order chi connectivity index (χ0) is 13.6. The molecule has 18 heavy (non-hydrogen) atoms. The summed E-state index contributed by atoms with van der Waals surface area (Å²) in [6.07, 6.45) is 11.8. The van der Waals surface area contributed by atoms with E-state index in [9.17, 15) is 4.79 Å². The van der Waals surface area contributed by atoms with Crippen LogP contribution in [-0.2, 0) is 9.53 Å². The van der Waals surface area contributed by atoms with Gasteiger partial charge in [0, 0.05) is 6.42 Å². The Kier molecular flexibility index (Phi) is 12.1. The Labute approximate surface area is 113 Å². The number of allylic oxidation sites excluding steroid dienone is 1. The van der Waals surface area contributed by atoms with E-state index in [1.807, 2.05) is 6.08 Å². The van der Waals surface area contributed by atoms with Crippen molar-refractivity contribution < 1.29 is 9.53 Å². The summed E-state index contributed by atoms with van der Waals surface area (Å²) < 4.78 is 5.16. The van der Waals surface area contributed by atoms with Crippen molar-refractivity contribution in [2.75, 3.05) is 6.61 Å². The minimum Gasteiger partial charge on any atom is -0.466 e. The number of hydrogen-bond acceptors (Lipinski definition) is 2. The van der Waals surface area contributed by atoms with Crippen LogP contribution in [0.1, 0.15) is 71.6 Å². The van der Waals surface area contributed by atoms with Crippen LogP contribution in [0.25, 0.3) is 0 Å². The zero-order valence-corrected chi connectivity index (χ0v) is 12.2. The molecule has 0 spiro atoms. The molecular weight excluding hydrogens is 224 g/mol. The van der Waals surface area contributed by atoms with E-state index < -0.39 is 0 Å².